The number of hydrogen-bond donors (Lipinski definition) is 2. The summed E-state index contributed by atoms with van der Waals surface area (Å²) in [5, 5.41) is 12.3. The van der Waals surface area contributed by atoms with Crippen LogP contribution in [0.15, 0.2) is 24.3 Å². The molecular weight excluding hydrogens is 206 g/mol. The first-order chi connectivity index (χ1) is 7.36. The van der Waals surface area contributed by atoms with Crippen LogP contribution in [0.1, 0.15) is 18.9 Å². The van der Waals surface area contributed by atoms with Crippen molar-refractivity contribution in [2.45, 2.75) is 20.0 Å². The Morgan fingerprint density at radius 2 is 2.27 bits per heavy atom. The van der Waals surface area contributed by atoms with Crippen LogP contribution in [-0.2, 0) is 6.61 Å². The molecule has 0 aliphatic heterocycles. The standard InChI is InChI=1S/C12H19NOS/c1-2-15-8-4-7-13-12-6-3-5-11(9-12)10-14/h3,5-6,9,13-14H,2,4,7-8,10H2,1H3. The predicted octanol–water partition coefficient (Wildman–Crippen LogP) is 2.73. The number of anilines is 1. The molecule has 0 fully saturated rings. The Morgan fingerprint density at radius 1 is 1.40 bits per heavy atom. The van der Waals surface area contributed by atoms with E-state index >= 15 is 0 Å². The molecule has 1 aromatic rings. The summed E-state index contributed by atoms with van der Waals surface area (Å²) in [7, 11) is 0. The second-order valence-electron chi connectivity index (χ2n) is 3.34. The van der Waals surface area contributed by atoms with E-state index in [4.69, 9.17) is 5.11 Å². The topological polar surface area (TPSA) is 32.3 Å². The Kier molecular flexibility index (Phi) is 6.28. The lowest BCUT2D eigenvalue weighted by Crippen LogP contribution is -2.03. The van der Waals surface area contributed by atoms with E-state index in [1.54, 1.807) is 0 Å². The van der Waals surface area contributed by atoms with Crippen molar-refractivity contribution in [3.05, 3.63) is 29.8 Å². The van der Waals surface area contributed by atoms with Gasteiger partial charge in [-0.25, -0.2) is 0 Å². The zero-order valence-corrected chi connectivity index (χ0v) is 10.0. The monoisotopic (exact) mass is 225 g/mol. The minimum absolute atomic E-state index is 0.112. The number of rotatable bonds is 7. The molecule has 2 nitrogen and oxygen atoms in total. The zero-order chi connectivity index (χ0) is 10.9. The Labute approximate surface area is 96.1 Å². The van der Waals surface area contributed by atoms with Crippen molar-refractivity contribution >= 4 is 17.4 Å². The normalized spacial score (nSPS) is 10.3. The van der Waals surface area contributed by atoms with E-state index in [-0.39, 0.29) is 6.61 Å². The summed E-state index contributed by atoms with van der Waals surface area (Å²) >= 11 is 1.97. The first-order valence-corrected chi connectivity index (χ1v) is 6.53. The summed E-state index contributed by atoms with van der Waals surface area (Å²) in [6.45, 7) is 3.30. The smallest absolute Gasteiger partial charge is 0.0682 e. The molecule has 0 radical (unpaired) electrons. The molecule has 0 amide bonds. The van der Waals surface area contributed by atoms with Gasteiger partial charge in [-0.05, 0) is 35.6 Å². The lowest BCUT2D eigenvalue weighted by Gasteiger charge is -2.07. The van der Waals surface area contributed by atoms with Crippen LogP contribution >= 0.6 is 11.8 Å². The third kappa shape index (κ3) is 5.09. The maximum atomic E-state index is 8.97. The number of aliphatic hydroxyl groups excluding tert-OH is 1. The van der Waals surface area contributed by atoms with Crippen LogP contribution in [0.4, 0.5) is 5.69 Å². The summed E-state index contributed by atoms with van der Waals surface area (Å²) in [5.74, 6) is 2.41. The minimum atomic E-state index is 0.112. The average molecular weight is 225 g/mol. The third-order valence-corrected chi connectivity index (χ3v) is 3.09. The molecular formula is C12H19NOS. The van der Waals surface area contributed by atoms with Crippen LogP contribution in [0.25, 0.3) is 0 Å². The second kappa shape index (κ2) is 7.60. The fourth-order valence-corrected chi connectivity index (χ4v) is 1.97. The van der Waals surface area contributed by atoms with E-state index in [0.29, 0.717) is 0 Å². The fourth-order valence-electron chi connectivity index (χ4n) is 1.33. The van der Waals surface area contributed by atoms with E-state index in [1.807, 2.05) is 36.0 Å². The van der Waals surface area contributed by atoms with Crippen molar-refractivity contribution in [3.8, 4) is 0 Å². The van der Waals surface area contributed by atoms with Crippen molar-refractivity contribution in [2.24, 2.45) is 0 Å². The highest BCUT2D eigenvalue weighted by molar-refractivity contribution is 7.99. The van der Waals surface area contributed by atoms with Crippen LogP contribution in [0.5, 0.6) is 0 Å². The number of aliphatic hydroxyl groups is 1. The van der Waals surface area contributed by atoms with Gasteiger partial charge in [0, 0.05) is 12.2 Å². The van der Waals surface area contributed by atoms with Gasteiger partial charge in [-0.1, -0.05) is 19.1 Å². The lowest BCUT2D eigenvalue weighted by atomic mass is 10.2. The predicted molar refractivity (Wildman–Crippen MR) is 68.5 cm³/mol. The number of hydrogen-bond acceptors (Lipinski definition) is 3. The molecule has 0 aliphatic rings. The van der Waals surface area contributed by atoms with Gasteiger partial charge in [0.2, 0.25) is 0 Å². The number of benzene rings is 1. The molecule has 0 heterocycles. The van der Waals surface area contributed by atoms with Crippen LogP contribution in [0.2, 0.25) is 0 Å². The maximum absolute atomic E-state index is 8.97. The fraction of sp³-hybridized carbons (Fsp3) is 0.500. The summed E-state index contributed by atoms with van der Waals surface area (Å²) in [6.07, 6.45) is 1.18. The van der Waals surface area contributed by atoms with Gasteiger partial charge >= 0.3 is 0 Å². The molecule has 0 unspecified atom stereocenters. The number of nitrogens with one attached hydrogen (secondary N) is 1. The van der Waals surface area contributed by atoms with Gasteiger partial charge in [0.1, 0.15) is 0 Å². The van der Waals surface area contributed by atoms with Crippen LogP contribution < -0.4 is 5.32 Å². The van der Waals surface area contributed by atoms with Gasteiger partial charge in [-0.15, -0.1) is 0 Å². The van der Waals surface area contributed by atoms with Crippen molar-refractivity contribution < 1.29 is 5.11 Å². The quantitative estimate of drug-likeness (QED) is 0.700. The molecule has 1 rings (SSSR count). The van der Waals surface area contributed by atoms with Crippen LogP contribution in [-0.4, -0.2) is 23.2 Å². The largest absolute Gasteiger partial charge is 0.392 e. The highest BCUT2D eigenvalue weighted by atomic mass is 32.2. The molecule has 0 bridgehead atoms. The van der Waals surface area contributed by atoms with Gasteiger partial charge in [0.05, 0.1) is 6.61 Å². The Bertz CT molecular complexity index is 278. The molecule has 0 aliphatic carbocycles. The van der Waals surface area contributed by atoms with Crippen molar-refractivity contribution in [3.63, 3.8) is 0 Å². The highest BCUT2D eigenvalue weighted by Crippen LogP contribution is 2.10. The summed E-state index contributed by atoms with van der Waals surface area (Å²) in [4.78, 5) is 0. The highest BCUT2D eigenvalue weighted by Gasteiger charge is 1.94. The van der Waals surface area contributed by atoms with Gasteiger partial charge in [-0.3, -0.25) is 0 Å². The molecule has 15 heavy (non-hydrogen) atoms. The van der Waals surface area contributed by atoms with E-state index in [9.17, 15) is 0 Å². The first kappa shape index (κ1) is 12.4. The first-order valence-electron chi connectivity index (χ1n) is 5.38. The summed E-state index contributed by atoms with van der Waals surface area (Å²) in [6, 6.07) is 7.92. The van der Waals surface area contributed by atoms with Crippen molar-refractivity contribution in [2.75, 3.05) is 23.4 Å². The molecule has 84 valence electrons. The second-order valence-corrected chi connectivity index (χ2v) is 4.73. The van der Waals surface area contributed by atoms with Crippen LogP contribution in [0.3, 0.4) is 0 Å². The van der Waals surface area contributed by atoms with Crippen molar-refractivity contribution in [1.82, 2.24) is 0 Å². The number of thioether (sulfide) groups is 1. The average Bonchev–Trinajstić information content (AvgIpc) is 2.29. The Morgan fingerprint density at radius 3 is 3.00 bits per heavy atom. The van der Waals surface area contributed by atoms with Gasteiger partial charge in [0.15, 0.2) is 0 Å². The van der Waals surface area contributed by atoms with Crippen LogP contribution in [0, 0.1) is 0 Å². The summed E-state index contributed by atoms with van der Waals surface area (Å²) < 4.78 is 0. The molecule has 0 atom stereocenters. The molecule has 2 N–H and O–H groups in total. The molecule has 0 saturated heterocycles. The SMILES string of the molecule is CCSCCCNc1cccc(CO)c1. The van der Waals surface area contributed by atoms with Crippen molar-refractivity contribution in [1.29, 1.82) is 0 Å². The molecule has 0 saturated carbocycles. The van der Waals surface area contributed by atoms with E-state index in [0.717, 1.165) is 17.8 Å². The van der Waals surface area contributed by atoms with Gasteiger partial charge < -0.3 is 10.4 Å². The Hall–Kier alpha value is -0.670. The summed E-state index contributed by atoms with van der Waals surface area (Å²) in [5.41, 5.74) is 2.06. The Balaban J connectivity index is 2.24. The lowest BCUT2D eigenvalue weighted by molar-refractivity contribution is 0.282. The maximum Gasteiger partial charge on any atom is 0.0682 e. The molecule has 3 heteroatoms. The molecule has 0 spiro atoms. The van der Waals surface area contributed by atoms with E-state index in [2.05, 4.69) is 12.2 Å². The van der Waals surface area contributed by atoms with E-state index in [1.165, 1.54) is 17.9 Å². The van der Waals surface area contributed by atoms with Gasteiger partial charge in [0.25, 0.3) is 0 Å². The third-order valence-electron chi connectivity index (χ3n) is 2.11. The molecule has 0 aromatic heterocycles. The minimum Gasteiger partial charge on any atom is -0.392 e. The zero-order valence-electron chi connectivity index (χ0n) is 9.20. The molecule has 1 aromatic carbocycles. The van der Waals surface area contributed by atoms with E-state index < -0.39 is 0 Å². The van der Waals surface area contributed by atoms with Gasteiger partial charge in [-0.2, -0.15) is 11.8 Å².